The number of hydrogen-bond acceptors (Lipinski definition) is 6. The van der Waals surface area contributed by atoms with Crippen LogP contribution < -0.4 is 16.6 Å². The van der Waals surface area contributed by atoms with E-state index in [4.69, 9.17) is 4.74 Å². The van der Waals surface area contributed by atoms with E-state index in [1.165, 1.54) is 20.5 Å². The van der Waals surface area contributed by atoms with Crippen LogP contribution in [0.15, 0.2) is 27.9 Å². The Labute approximate surface area is 164 Å². The highest BCUT2D eigenvalue weighted by Gasteiger charge is 2.23. The van der Waals surface area contributed by atoms with Gasteiger partial charge in [0.2, 0.25) is 5.91 Å². The Balaban J connectivity index is 1.93. The van der Waals surface area contributed by atoms with Crippen LogP contribution in [0.4, 0.5) is 0 Å². The fourth-order valence-corrected chi connectivity index (χ4v) is 4.69. The molecular weight excluding hydrogens is 380 g/mol. The lowest BCUT2D eigenvalue weighted by molar-refractivity contribution is -0.122. The zero-order chi connectivity index (χ0) is 19.8. The Hall–Kier alpha value is -2.52. The van der Waals surface area contributed by atoms with E-state index in [-0.39, 0.29) is 36.7 Å². The molecule has 0 saturated carbocycles. The van der Waals surface area contributed by atoms with E-state index in [1.807, 2.05) is 19.9 Å². The van der Waals surface area contributed by atoms with E-state index in [0.29, 0.717) is 27.0 Å². The molecule has 4 rings (SSSR count). The largest absolute Gasteiger partial charge is 0.376 e. The Kier molecular flexibility index (Phi) is 5.03. The number of thiophene rings is 1. The van der Waals surface area contributed by atoms with Crippen molar-refractivity contribution in [2.75, 3.05) is 6.61 Å². The minimum atomic E-state index is -0.490. The number of carbonyl (C=O) groups excluding carboxylic acids is 1. The summed E-state index contributed by atoms with van der Waals surface area (Å²) in [5.41, 5.74) is -0.361. The van der Waals surface area contributed by atoms with E-state index in [2.05, 4.69) is 10.3 Å². The van der Waals surface area contributed by atoms with Gasteiger partial charge in [-0.15, -0.1) is 11.3 Å². The quantitative estimate of drug-likeness (QED) is 0.697. The number of ether oxygens (including phenoxy) is 1. The first-order valence-electron chi connectivity index (χ1n) is 9.37. The van der Waals surface area contributed by atoms with Crippen LogP contribution in [-0.2, 0) is 22.6 Å². The molecule has 0 bridgehead atoms. The highest BCUT2D eigenvalue weighted by Crippen LogP contribution is 2.29. The third kappa shape index (κ3) is 3.35. The molecule has 1 atom stereocenters. The lowest BCUT2D eigenvalue weighted by atomic mass is 10.2. The van der Waals surface area contributed by atoms with Crippen LogP contribution >= 0.6 is 11.3 Å². The molecule has 1 N–H and O–H groups in total. The van der Waals surface area contributed by atoms with Crippen molar-refractivity contribution in [1.29, 1.82) is 0 Å². The first-order chi connectivity index (χ1) is 13.5. The second-order valence-corrected chi connectivity index (χ2v) is 8.28. The number of nitrogens with zero attached hydrogens (tertiary/aromatic N) is 3. The van der Waals surface area contributed by atoms with Gasteiger partial charge < -0.3 is 10.1 Å². The molecule has 1 fully saturated rings. The summed E-state index contributed by atoms with van der Waals surface area (Å²) < 4.78 is 8.65. The maximum Gasteiger partial charge on any atom is 0.332 e. The Bertz CT molecular complexity index is 1150. The molecular formula is C19H22N4O4S. The van der Waals surface area contributed by atoms with Gasteiger partial charge >= 0.3 is 5.69 Å². The molecule has 3 aromatic rings. The molecule has 28 heavy (non-hydrogen) atoms. The van der Waals surface area contributed by atoms with Crippen molar-refractivity contribution in [3.05, 3.63) is 39.2 Å². The third-order valence-electron chi connectivity index (χ3n) is 4.77. The van der Waals surface area contributed by atoms with E-state index < -0.39 is 5.69 Å². The number of pyridine rings is 1. The number of carbonyl (C=O) groups is 1. The average molecular weight is 402 g/mol. The van der Waals surface area contributed by atoms with Crippen LogP contribution in [-0.4, -0.2) is 38.8 Å². The lowest BCUT2D eigenvalue weighted by Crippen LogP contribution is -2.44. The summed E-state index contributed by atoms with van der Waals surface area (Å²) in [5, 5.41) is 3.51. The van der Waals surface area contributed by atoms with Crippen molar-refractivity contribution in [3.63, 3.8) is 0 Å². The molecule has 0 aromatic carbocycles. The van der Waals surface area contributed by atoms with Crippen LogP contribution in [0, 0.1) is 0 Å². The molecule has 0 radical (unpaired) electrons. The van der Waals surface area contributed by atoms with Crippen LogP contribution in [0.25, 0.3) is 20.4 Å². The Morgan fingerprint density at radius 2 is 2.21 bits per heavy atom. The summed E-state index contributed by atoms with van der Waals surface area (Å²) in [6.45, 7) is 4.40. The molecule has 1 amide bonds. The molecule has 0 unspecified atom stereocenters. The summed E-state index contributed by atoms with van der Waals surface area (Å²) in [6, 6.07) is 3.54. The summed E-state index contributed by atoms with van der Waals surface area (Å²) in [6.07, 6.45) is 3.22. The van der Waals surface area contributed by atoms with Gasteiger partial charge in [0.25, 0.3) is 5.56 Å². The summed E-state index contributed by atoms with van der Waals surface area (Å²) in [4.78, 5) is 43.7. The van der Waals surface area contributed by atoms with Crippen LogP contribution in [0.3, 0.4) is 0 Å². The van der Waals surface area contributed by atoms with Gasteiger partial charge in [-0.25, -0.2) is 9.78 Å². The standard InChI is InChI=1S/C19H22N4O4S/c1-11(2)21-14(24)10-22-15-13-6-3-7-20-17(13)28-16(15)18(25)23(19(22)26)9-12-5-4-8-27-12/h3,6-7,11-12H,4-5,8-10H2,1-2H3,(H,21,24)/t12-/m0/s1. The monoisotopic (exact) mass is 402 g/mol. The number of fused-ring (bicyclic) bond motifs is 3. The Morgan fingerprint density at radius 1 is 1.39 bits per heavy atom. The van der Waals surface area contributed by atoms with Gasteiger partial charge in [0, 0.05) is 24.2 Å². The van der Waals surface area contributed by atoms with Crippen LogP contribution in [0.1, 0.15) is 26.7 Å². The van der Waals surface area contributed by atoms with E-state index in [9.17, 15) is 14.4 Å². The predicted octanol–water partition coefficient (Wildman–Crippen LogP) is 1.48. The second-order valence-electron chi connectivity index (χ2n) is 7.28. The maximum atomic E-state index is 13.2. The number of amides is 1. The maximum absolute atomic E-state index is 13.2. The zero-order valence-electron chi connectivity index (χ0n) is 15.8. The predicted molar refractivity (Wildman–Crippen MR) is 108 cm³/mol. The highest BCUT2D eigenvalue weighted by molar-refractivity contribution is 7.25. The van der Waals surface area contributed by atoms with E-state index in [0.717, 1.165) is 12.8 Å². The summed E-state index contributed by atoms with van der Waals surface area (Å²) >= 11 is 1.25. The highest BCUT2D eigenvalue weighted by atomic mass is 32.1. The molecule has 4 heterocycles. The minimum absolute atomic E-state index is 0.0441. The van der Waals surface area contributed by atoms with Crippen molar-refractivity contribution in [1.82, 2.24) is 19.4 Å². The molecule has 0 aliphatic carbocycles. The van der Waals surface area contributed by atoms with Crippen molar-refractivity contribution >= 4 is 37.7 Å². The van der Waals surface area contributed by atoms with Gasteiger partial charge in [0.15, 0.2) is 0 Å². The summed E-state index contributed by atoms with van der Waals surface area (Å²) in [7, 11) is 0. The van der Waals surface area contributed by atoms with E-state index >= 15 is 0 Å². The van der Waals surface area contributed by atoms with Crippen LogP contribution in [0.5, 0.6) is 0 Å². The number of hydrogen-bond donors (Lipinski definition) is 1. The molecule has 8 nitrogen and oxygen atoms in total. The SMILES string of the molecule is CC(C)NC(=O)Cn1c(=O)n(C[C@@H]2CCCO2)c(=O)c2sc3ncccc3c21. The zero-order valence-corrected chi connectivity index (χ0v) is 16.6. The van der Waals surface area contributed by atoms with Crippen molar-refractivity contribution in [2.45, 2.75) is 51.9 Å². The molecule has 0 spiro atoms. The molecule has 1 aliphatic heterocycles. The second kappa shape index (κ2) is 7.48. The van der Waals surface area contributed by atoms with Crippen molar-refractivity contribution in [2.24, 2.45) is 0 Å². The molecule has 1 saturated heterocycles. The van der Waals surface area contributed by atoms with Crippen LogP contribution in [0.2, 0.25) is 0 Å². The lowest BCUT2D eigenvalue weighted by Gasteiger charge is -2.15. The topological polar surface area (TPSA) is 95.2 Å². The van der Waals surface area contributed by atoms with Gasteiger partial charge in [-0.05, 0) is 38.8 Å². The van der Waals surface area contributed by atoms with Crippen molar-refractivity contribution < 1.29 is 9.53 Å². The smallest absolute Gasteiger partial charge is 0.332 e. The van der Waals surface area contributed by atoms with Gasteiger partial charge in [-0.1, -0.05) is 0 Å². The fraction of sp³-hybridized carbons (Fsp3) is 0.474. The number of nitrogens with one attached hydrogen (secondary N) is 1. The molecule has 1 aliphatic rings. The normalized spacial score (nSPS) is 17.0. The number of rotatable bonds is 5. The van der Waals surface area contributed by atoms with Gasteiger partial charge in [0.05, 0.1) is 18.2 Å². The Morgan fingerprint density at radius 3 is 2.93 bits per heavy atom. The molecule has 9 heteroatoms. The average Bonchev–Trinajstić information content (AvgIpc) is 3.29. The first-order valence-corrected chi connectivity index (χ1v) is 10.2. The third-order valence-corrected chi connectivity index (χ3v) is 5.86. The molecule has 148 valence electrons. The number of aromatic nitrogens is 3. The van der Waals surface area contributed by atoms with Gasteiger partial charge in [0.1, 0.15) is 16.1 Å². The minimum Gasteiger partial charge on any atom is -0.376 e. The molecule has 3 aromatic heterocycles. The van der Waals surface area contributed by atoms with Crippen molar-refractivity contribution in [3.8, 4) is 0 Å². The first kappa shape index (κ1) is 18.8. The summed E-state index contributed by atoms with van der Waals surface area (Å²) in [5.74, 6) is -0.274. The van der Waals surface area contributed by atoms with Gasteiger partial charge in [-0.3, -0.25) is 18.7 Å². The van der Waals surface area contributed by atoms with Gasteiger partial charge in [-0.2, -0.15) is 0 Å². The fourth-order valence-electron chi connectivity index (χ4n) is 3.59. The van der Waals surface area contributed by atoms with E-state index in [1.54, 1.807) is 12.3 Å².